The highest BCUT2D eigenvalue weighted by molar-refractivity contribution is 5.48. The van der Waals surface area contributed by atoms with Gasteiger partial charge in [0.25, 0.3) is 0 Å². The molecule has 1 aromatic rings. The number of rotatable bonds is 2. The third-order valence-corrected chi connectivity index (χ3v) is 3.93. The molecular formula is C15H22O3. The molecule has 3 heteroatoms. The Balaban J connectivity index is 2.46. The van der Waals surface area contributed by atoms with Crippen molar-refractivity contribution in [2.75, 3.05) is 13.7 Å². The number of hydrogen-bond acceptors (Lipinski definition) is 3. The molecular weight excluding hydrogens is 228 g/mol. The van der Waals surface area contributed by atoms with E-state index in [1.165, 1.54) is 5.56 Å². The number of hydrogen-bond donors (Lipinski definition) is 1. The fourth-order valence-electron chi connectivity index (χ4n) is 2.73. The van der Waals surface area contributed by atoms with E-state index in [1.807, 2.05) is 26.0 Å². The summed E-state index contributed by atoms with van der Waals surface area (Å²) in [4.78, 5) is 0. The van der Waals surface area contributed by atoms with Crippen LogP contribution in [0.4, 0.5) is 0 Å². The van der Waals surface area contributed by atoms with Gasteiger partial charge in [-0.2, -0.15) is 0 Å². The van der Waals surface area contributed by atoms with E-state index in [0.717, 1.165) is 16.9 Å². The van der Waals surface area contributed by atoms with Crippen LogP contribution in [0.25, 0.3) is 0 Å². The maximum Gasteiger partial charge on any atom is 0.128 e. The van der Waals surface area contributed by atoms with Crippen LogP contribution in [-0.4, -0.2) is 24.9 Å². The van der Waals surface area contributed by atoms with Crippen LogP contribution < -0.4 is 4.74 Å². The average Bonchev–Trinajstić information content (AvgIpc) is 2.32. The van der Waals surface area contributed by atoms with Gasteiger partial charge in [0, 0.05) is 18.4 Å². The number of aryl methyl sites for hydroxylation is 1. The summed E-state index contributed by atoms with van der Waals surface area (Å²) in [5.74, 6) is 0.812. The van der Waals surface area contributed by atoms with Crippen LogP contribution in [0.1, 0.15) is 36.5 Å². The normalized spacial score (nSPS) is 28.2. The Morgan fingerprint density at radius 2 is 2.11 bits per heavy atom. The Morgan fingerprint density at radius 3 is 2.72 bits per heavy atom. The standard InChI is InChI=1S/C15H22O3/c1-10-5-6-13(14(17-4)12(10)3)15(16)7-8-18-11(2)9-15/h5-6,11,16H,7-9H2,1-4H3. The summed E-state index contributed by atoms with van der Waals surface area (Å²) in [6.45, 7) is 6.67. The lowest BCUT2D eigenvalue weighted by Gasteiger charge is -2.37. The highest BCUT2D eigenvalue weighted by Gasteiger charge is 2.37. The van der Waals surface area contributed by atoms with Gasteiger partial charge < -0.3 is 14.6 Å². The van der Waals surface area contributed by atoms with Crippen molar-refractivity contribution < 1.29 is 14.6 Å². The second kappa shape index (κ2) is 4.90. The SMILES string of the molecule is COc1c(C2(O)CCOC(C)C2)ccc(C)c1C. The zero-order valence-electron chi connectivity index (χ0n) is 11.6. The zero-order chi connectivity index (χ0) is 13.3. The van der Waals surface area contributed by atoms with Crippen LogP contribution in [0.3, 0.4) is 0 Å². The Hall–Kier alpha value is -1.06. The minimum atomic E-state index is -0.832. The molecule has 2 atom stereocenters. The van der Waals surface area contributed by atoms with E-state index in [4.69, 9.17) is 9.47 Å². The summed E-state index contributed by atoms with van der Waals surface area (Å²) in [7, 11) is 1.66. The van der Waals surface area contributed by atoms with Crippen molar-refractivity contribution in [1.82, 2.24) is 0 Å². The predicted molar refractivity (Wildman–Crippen MR) is 71.0 cm³/mol. The van der Waals surface area contributed by atoms with Gasteiger partial charge in [0.05, 0.1) is 25.4 Å². The van der Waals surface area contributed by atoms with E-state index in [0.29, 0.717) is 19.4 Å². The molecule has 1 aliphatic rings. The van der Waals surface area contributed by atoms with Crippen LogP contribution in [0.15, 0.2) is 12.1 Å². The number of ether oxygens (including phenoxy) is 2. The molecule has 1 aliphatic heterocycles. The molecule has 1 heterocycles. The molecule has 3 nitrogen and oxygen atoms in total. The molecule has 0 spiro atoms. The van der Waals surface area contributed by atoms with Crippen LogP contribution in [-0.2, 0) is 10.3 Å². The van der Waals surface area contributed by atoms with Gasteiger partial charge in [-0.15, -0.1) is 0 Å². The van der Waals surface area contributed by atoms with E-state index in [9.17, 15) is 5.11 Å². The van der Waals surface area contributed by atoms with Gasteiger partial charge in [0.15, 0.2) is 0 Å². The monoisotopic (exact) mass is 250 g/mol. The van der Waals surface area contributed by atoms with Gasteiger partial charge in [0.1, 0.15) is 5.75 Å². The molecule has 0 saturated carbocycles. The zero-order valence-corrected chi connectivity index (χ0v) is 11.6. The molecule has 0 amide bonds. The fourth-order valence-corrected chi connectivity index (χ4v) is 2.73. The Bertz CT molecular complexity index is 442. The minimum absolute atomic E-state index is 0.0788. The van der Waals surface area contributed by atoms with E-state index in [2.05, 4.69) is 6.92 Å². The maximum atomic E-state index is 10.9. The molecule has 0 aliphatic carbocycles. The molecule has 1 saturated heterocycles. The predicted octanol–water partition coefficient (Wildman–Crippen LogP) is 2.70. The molecule has 1 N–H and O–H groups in total. The molecule has 1 aromatic carbocycles. The van der Waals surface area contributed by atoms with Gasteiger partial charge in [-0.1, -0.05) is 12.1 Å². The smallest absolute Gasteiger partial charge is 0.128 e. The summed E-state index contributed by atoms with van der Waals surface area (Å²) in [5, 5.41) is 10.9. The fraction of sp³-hybridized carbons (Fsp3) is 0.600. The lowest BCUT2D eigenvalue weighted by molar-refractivity contribution is -0.102. The van der Waals surface area contributed by atoms with E-state index in [-0.39, 0.29) is 6.10 Å². The quantitative estimate of drug-likeness (QED) is 0.877. The van der Waals surface area contributed by atoms with Crippen molar-refractivity contribution in [3.63, 3.8) is 0 Å². The van der Waals surface area contributed by atoms with Crippen LogP contribution >= 0.6 is 0 Å². The van der Waals surface area contributed by atoms with Crippen molar-refractivity contribution in [1.29, 1.82) is 0 Å². The topological polar surface area (TPSA) is 38.7 Å². The summed E-state index contributed by atoms with van der Waals surface area (Å²) in [6, 6.07) is 4.03. The summed E-state index contributed by atoms with van der Waals surface area (Å²) < 4.78 is 11.0. The van der Waals surface area contributed by atoms with Gasteiger partial charge >= 0.3 is 0 Å². The molecule has 0 bridgehead atoms. The van der Waals surface area contributed by atoms with Crippen LogP contribution in [0.5, 0.6) is 5.75 Å². The molecule has 0 aromatic heterocycles. The number of aliphatic hydroxyl groups is 1. The van der Waals surface area contributed by atoms with E-state index < -0.39 is 5.60 Å². The molecule has 2 rings (SSSR count). The van der Waals surface area contributed by atoms with Crippen molar-refractivity contribution in [2.24, 2.45) is 0 Å². The lowest BCUT2D eigenvalue weighted by Crippen LogP contribution is -2.37. The Morgan fingerprint density at radius 1 is 1.39 bits per heavy atom. The molecule has 18 heavy (non-hydrogen) atoms. The Labute approximate surface area is 109 Å². The summed E-state index contributed by atoms with van der Waals surface area (Å²) in [5.41, 5.74) is 2.34. The van der Waals surface area contributed by atoms with Crippen molar-refractivity contribution >= 4 is 0 Å². The largest absolute Gasteiger partial charge is 0.496 e. The van der Waals surface area contributed by atoms with Gasteiger partial charge in [-0.3, -0.25) is 0 Å². The molecule has 2 unspecified atom stereocenters. The first-order valence-electron chi connectivity index (χ1n) is 6.46. The lowest BCUT2D eigenvalue weighted by atomic mass is 9.82. The third kappa shape index (κ3) is 2.25. The van der Waals surface area contributed by atoms with E-state index >= 15 is 0 Å². The van der Waals surface area contributed by atoms with Gasteiger partial charge in [-0.05, 0) is 31.9 Å². The number of methoxy groups -OCH3 is 1. The first kappa shape index (κ1) is 13.4. The van der Waals surface area contributed by atoms with Crippen LogP contribution in [0, 0.1) is 13.8 Å². The third-order valence-electron chi connectivity index (χ3n) is 3.93. The van der Waals surface area contributed by atoms with Crippen molar-refractivity contribution in [3.8, 4) is 5.75 Å². The average molecular weight is 250 g/mol. The van der Waals surface area contributed by atoms with Gasteiger partial charge in [0.2, 0.25) is 0 Å². The summed E-state index contributed by atoms with van der Waals surface area (Å²) in [6.07, 6.45) is 1.32. The van der Waals surface area contributed by atoms with Crippen LogP contribution in [0.2, 0.25) is 0 Å². The highest BCUT2D eigenvalue weighted by atomic mass is 16.5. The molecule has 100 valence electrons. The summed E-state index contributed by atoms with van der Waals surface area (Å²) >= 11 is 0. The molecule has 0 radical (unpaired) electrons. The second-order valence-electron chi connectivity index (χ2n) is 5.26. The highest BCUT2D eigenvalue weighted by Crippen LogP contribution is 2.41. The maximum absolute atomic E-state index is 10.9. The van der Waals surface area contributed by atoms with Crippen molar-refractivity contribution in [2.45, 2.75) is 45.3 Å². The van der Waals surface area contributed by atoms with Crippen molar-refractivity contribution in [3.05, 3.63) is 28.8 Å². The minimum Gasteiger partial charge on any atom is -0.496 e. The first-order valence-corrected chi connectivity index (χ1v) is 6.46. The van der Waals surface area contributed by atoms with Gasteiger partial charge in [-0.25, -0.2) is 0 Å². The second-order valence-corrected chi connectivity index (χ2v) is 5.26. The molecule has 1 fully saturated rings. The first-order chi connectivity index (χ1) is 8.48. The Kier molecular flexibility index (Phi) is 3.64. The van der Waals surface area contributed by atoms with E-state index in [1.54, 1.807) is 7.11 Å². The number of benzene rings is 1.